The maximum Gasteiger partial charge on any atom is 0.416 e. The summed E-state index contributed by atoms with van der Waals surface area (Å²) in [4.78, 5) is 10.4. The second-order valence-electron chi connectivity index (χ2n) is 2.76. The standard InChI is InChI=1S/C9H5Cl2F3O2/c10-7(16-8(11)15)5-3-1-2-4-6(5)9(12,13)14/h1-4,7H. The zero-order valence-corrected chi connectivity index (χ0v) is 9.10. The Morgan fingerprint density at radius 2 is 1.88 bits per heavy atom. The van der Waals surface area contributed by atoms with Crippen molar-refractivity contribution in [3.63, 3.8) is 0 Å². The van der Waals surface area contributed by atoms with Gasteiger partial charge < -0.3 is 4.74 Å². The number of halogens is 5. The molecule has 88 valence electrons. The molecule has 1 unspecified atom stereocenters. The quantitative estimate of drug-likeness (QED) is 0.592. The molecule has 0 aliphatic heterocycles. The Hall–Kier alpha value is -0.940. The fourth-order valence-corrected chi connectivity index (χ4v) is 1.50. The fourth-order valence-electron chi connectivity index (χ4n) is 1.10. The van der Waals surface area contributed by atoms with E-state index in [9.17, 15) is 18.0 Å². The van der Waals surface area contributed by atoms with Gasteiger partial charge in [-0.1, -0.05) is 29.8 Å². The molecular weight excluding hydrogens is 268 g/mol. The molecule has 0 saturated carbocycles. The van der Waals surface area contributed by atoms with Crippen LogP contribution in [0.4, 0.5) is 18.0 Å². The number of alkyl halides is 4. The van der Waals surface area contributed by atoms with E-state index in [4.69, 9.17) is 23.2 Å². The van der Waals surface area contributed by atoms with Crippen LogP contribution in [0.25, 0.3) is 0 Å². The maximum atomic E-state index is 12.5. The lowest BCUT2D eigenvalue weighted by molar-refractivity contribution is -0.138. The molecule has 1 atom stereocenters. The Balaban J connectivity index is 3.08. The molecule has 0 saturated heterocycles. The van der Waals surface area contributed by atoms with Crippen molar-refractivity contribution in [2.45, 2.75) is 11.7 Å². The van der Waals surface area contributed by atoms with Crippen LogP contribution in [0.15, 0.2) is 24.3 Å². The van der Waals surface area contributed by atoms with Crippen LogP contribution >= 0.6 is 23.2 Å². The lowest BCUT2D eigenvalue weighted by Crippen LogP contribution is -2.11. The number of ether oxygens (including phenoxy) is 1. The van der Waals surface area contributed by atoms with Gasteiger partial charge in [-0.15, -0.1) is 0 Å². The van der Waals surface area contributed by atoms with Gasteiger partial charge >= 0.3 is 11.6 Å². The average molecular weight is 273 g/mol. The largest absolute Gasteiger partial charge is 0.429 e. The van der Waals surface area contributed by atoms with Gasteiger partial charge in [-0.2, -0.15) is 13.2 Å². The van der Waals surface area contributed by atoms with E-state index in [1.165, 1.54) is 12.1 Å². The SMILES string of the molecule is O=C(Cl)OC(Cl)c1ccccc1C(F)(F)F. The highest BCUT2D eigenvalue weighted by Crippen LogP contribution is 2.36. The monoisotopic (exact) mass is 272 g/mol. The summed E-state index contributed by atoms with van der Waals surface area (Å²) < 4.78 is 41.8. The topological polar surface area (TPSA) is 26.3 Å². The van der Waals surface area contributed by atoms with Crippen molar-refractivity contribution in [1.82, 2.24) is 0 Å². The first-order valence-electron chi connectivity index (χ1n) is 3.98. The molecule has 0 aliphatic carbocycles. The lowest BCUT2D eigenvalue weighted by Gasteiger charge is -2.15. The summed E-state index contributed by atoms with van der Waals surface area (Å²) in [5.41, 5.74) is -4.15. The number of hydrogen-bond donors (Lipinski definition) is 0. The molecule has 0 radical (unpaired) electrons. The summed E-state index contributed by atoms with van der Waals surface area (Å²) in [7, 11) is 0. The molecule has 0 N–H and O–H groups in total. The van der Waals surface area contributed by atoms with Crippen LogP contribution in [0, 0.1) is 0 Å². The summed E-state index contributed by atoms with van der Waals surface area (Å²) in [5.74, 6) is 0. The van der Waals surface area contributed by atoms with Crippen LogP contribution in [-0.2, 0) is 10.9 Å². The summed E-state index contributed by atoms with van der Waals surface area (Å²) in [5, 5.41) is 0. The summed E-state index contributed by atoms with van der Waals surface area (Å²) >= 11 is 10.3. The Bertz CT molecular complexity index is 393. The van der Waals surface area contributed by atoms with Gasteiger partial charge in [-0.25, -0.2) is 4.79 Å². The van der Waals surface area contributed by atoms with Gasteiger partial charge in [0, 0.05) is 17.2 Å². The van der Waals surface area contributed by atoms with E-state index in [1.807, 2.05) is 0 Å². The third-order valence-electron chi connectivity index (χ3n) is 1.71. The molecule has 0 amide bonds. The molecule has 0 fully saturated rings. The number of carbonyl (C=O) groups is 1. The maximum absolute atomic E-state index is 12.5. The molecule has 1 rings (SSSR count). The molecule has 0 heterocycles. The van der Waals surface area contributed by atoms with E-state index in [1.54, 1.807) is 0 Å². The van der Waals surface area contributed by atoms with Crippen LogP contribution in [-0.4, -0.2) is 5.43 Å². The number of hydrogen-bond acceptors (Lipinski definition) is 2. The van der Waals surface area contributed by atoms with Gasteiger partial charge in [-0.3, -0.25) is 0 Å². The van der Waals surface area contributed by atoms with Crippen molar-refractivity contribution in [2.75, 3.05) is 0 Å². The van der Waals surface area contributed by atoms with Gasteiger partial charge in [0.15, 0.2) is 0 Å². The van der Waals surface area contributed by atoms with E-state index in [2.05, 4.69) is 4.74 Å². The number of carbonyl (C=O) groups excluding carboxylic acids is 1. The smallest absolute Gasteiger partial charge is 0.416 e. The summed E-state index contributed by atoms with van der Waals surface area (Å²) in [6.07, 6.45) is -4.57. The van der Waals surface area contributed by atoms with Gasteiger partial charge in [0.2, 0.25) is 5.56 Å². The van der Waals surface area contributed by atoms with Crippen LogP contribution in [0.3, 0.4) is 0 Å². The molecule has 0 bridgehead atoms. The van der Waals surface area contributed by atoms with Crippen molar-refractivity contribution in [1.29, 1.82) is 0 Å². The number of benzene rings is 1. The predicted molar refractivity (Wildman–Crippen MR) is 52.4 cm³/mol. The van der Waals surface area contributed by atoms with Gasteiger partial charge in [0.05, 0.1) is 5.56 Å². The fraction of sp³-hybridized carbons (Fsp3) is 0.222. The van der Waals surface area contributed by atoms with E-state index in [-0.39, 0.29) is 5.56 Å². The third-order valence-corrected chi connectivity index (χ3v) is 2.12. The molecular formula is C9H5Cl2F3O2. The second kappa shape index (κ2) is 4.93. The zero-order valence-electron chi connectivity index (χ0n) is 7.59. The van der Waals surface area contributed by atoms with Crippen molar-refractivity contribution in [2.24, 2.45) is 0 Å². The molecule has 2 nitrogen and oxygen atoms in total. The first-order valence-corrected chi connectivity index (χ1v) is 4.80. The minimum absolute atomic E-state index is 0.356. The highest BCUT2D eigenvalue weighted by atomic mass is 35.5. The van der Waals surface area contributed by atoms with Gasteiger partial charge in [-0.05, 0) is 6.07 Å². The summed E-state index contributed by atoms with van der Waals surface area (Å²) in [6.45, 7) is 0. The molecule has 0 spiro atoms. The first kappa shape index (κ1) is 13.1. The lowest BCUT2D eigenvalue weighted by atomic mass is 10.1. The highest BCUT2D eigenvalue weighted by Gasteiger charge is 2.35. The number of rotatable bonds is 2. The average Bonchev–Trinajstić information content (AvgIpc) is 2.15. The minimum atomic E-state index is -4.57. The molecule has 16 heavy (non-hydrogen) atoms. The van der Waals surface area contributed by atoms with Crippen LogP contribution in [0.5, 0.6) is 0 Å². The van der Waals surface area contributed by atoms with Crippen LogP contribution < -0.4 is 0 Å². The van der Waals surface area contributed by atoms with Crippen LogP contribution in [0.2, 0.25) is 0 Å². The molecule has 0 aromatic heterocycles. The Labute approximate surface area is 98.9 Å². The molecule has 1 aromatic rings. The van der Waals surface area contributed by atoms with Gasteiger partial charge in [0.1, 0.15) is 0 Å². The van der Waals surface area contributed by atoms with E-state index >= 15 is 0 Å². The Morgan fingerprint density at radius 3 is 2.38 bits per heavy atom. The highest BCUT2D eigenvalue weighted by molar-refractivity contribution is 6.61. The molecule has 7 heteroatoms. The van der Waals surface area contributed by atoms with Crippen molar-refractivity contribution in [3.8, 4) is 0 Å². The zero-order chi connectivity index (χ0) is 12.3. The Morgan fingerprint density at radius 1 is 1.31 bits per heavy atom. The van der Waals surface area contributed by atoms with Crippen molar-refractivity contribution < 1.29 is 22.7 Å². The Kier molecular flexibility index (Phi) is 4.04. The molecule has 1 aromatic carbocycles. The minimum Gasteiger partial charge on any atom is -0.429 e. The van der Waals surface area contributed by atoms with E-state index in [0.29, 0.717) is 0 Å². The second-order valence-corrected chi connectivity index (χ2v) is 3.46. The first-order chi connectivity index (χ1) is 7.32. The normalized spacial score (nSPS) is 13.3. The van der Waals surface area contributed by atoms with Crippen LogP contribution in [0.1, 0.15) is 16.7 Å². The van der Waals surface area contributed by atoms with Crippen molar-refractivity contribution in [3.05, 3.63) is 35.4 Å². The predicted octanol–water partition coefficient (Wildman–Crippen LogP) is 4.32. The van der Waals surface area contributed by atoms with Crippen molar-refractivity contribution >= 4 is 28.6 Å². The van der Waals surface area contributed by atoms with Gasteiger partial charge in [0.25, 0.3) is 0 Å². The molecule has 0 aliphatic rings. The summed E-state index contributed by atoms with van der Waals surface area (Å²) in [6, 6.07) is 4.51. The van der Waals surface area contributed by atoms with E-state index < -0.39 is 22.7 Å². The third kappa shape index (κ3) is 3.28. The van der Waals surface area contributed by atoms with E-state index in [0.717, 1.165) is 12.1 Å².